The zero-order valence-corrected chi connectivity index (χ0v) is 14.4. The minimum absolute atomic E-state index is 0.112. The van der Waals surface area contributed by atoms with Crippen molar-refractivity contribution in [3.05, 3.63) is 11.6 Å². The van der Waals surface area contributed by atoms with Crippen molar-refractivity contribution < 1.29 is 8.42 Å². The molecule has 2 rings (SSSR count). The summed E-state index contributed by atoms with van der Waals surface area (Å²) in [6.07, 6.45) is 3.61. The first-order valence-corrected chi connectivity index (χ1v) is 9.46. The van der Waals surface area contributed by atoms with Gasteiger partial charge in [-0.1, -0.05) is 26.7 Å². The van der Waals surface area contributed by atoms with Gasteiger partial charge < -0.3 is 5.32 Å². The zero-order valence-electron chi connectivity index (χ0n) is 12.8. The SMILES string of the molecule is CCC(CC)C(C)NS(=O)(=O)c1c(NC)nc2sccn12. The summed E-state index contributed by atoms with van der Waals surface area (Å²) in [5.74, 6) is 0.704. The summed E-state index contributed by atoms with van der Waals surface area (Å²) < 4.78 is 29.9. The van der Waals surface area contributed by atoms with Crippen LogP contribution in [0.2, 0.25) is 0 Å². The number of sulfonamides is 1. The molecule has 2 aromatic heterocycles. The third kappa shape index (κ3) is 3.07. The normalized spacial score (nSPS) is 14.0. The monoisotopic (exact) mass is 330 g/mol. The van der Waals surface area contributed by atoms with Crippen molar-refractivity contribution in [2.75, 3.05) is 12.4 Å². The van der Waals surface area contributed by atoms with Gasteiger partial charge in [-0.05, 0) is 12.8 Å². The fourth-order valence-corrected chi connectivity index (χ4v) is 4.95. The van der Waals surface area contributed by atoms with Gasteiger partial charge in [0.25, 0.3) is 10.0 Å². The van der Waals surface area contributed by atoms with Gasteiger partial charge in [0.1, 0.15) is 0 Å². The van der Waals surface area contributed by atoms with Crippen LogP contribution in [-0.4, -0.2) is 30.9 Å². The van der Waals surface area contributed by atoms with E-state index in [0.29, 0.717) is 16.7 Å². The van der Waals surface area contributed by atoms with Crippen LogP contribution in [0.4, 0.5) is 5.82 Å². The van der Waals surface area contributed by atoms with Gasteiger partial charge in [0.2, 0.25) is 0 Å². The largest absolute Gasteiger partial charge is 0.371 e. The number of hydrogen-bond donors (Lipinski definition) is 2. The van der Waals surface area contributed by atoms with E-state index < -0.39 is 10.0 Å². The lowest BCUT2D eigenvalue weighted by Crippen LogP contribution is -2.38. The number of nitrogens with one attached hydrogen (secondary N) is 2. The molecule has 0 saturated heterocycles. The van der Waals surface area contributed by atoms with E-state index in [0.717, 1.165) is 12.8 Å². The van der Waals surface area contributed by atoms with E-state index in [4.69, 9.17) is 0 Å². The van der Waals surface area contributed by atoms with Gasteiger partial charge in [-0.15, -0.1) is 11.3 Å². The van der Waals surface area contributed by atoms with Crippen LogP contribution >= 0.6 is 11.3 Å². The number of thiazole rings is 1. The highest BCUT2D eigenvalue weighted by Gasteiger charge is 2.28. The summed E-state index contributed by atoms with van der Waals surface area (Å²) in [6, 6.07) is -0.112. The molecule has 0 fully saturated rings. The Balaban J connectivity index is 2.39. The molecule has 0 aliphatic carbocycles. The highest BCUT2D eigenvalue weighted by molar-refractivity contribution is 7.89. The molecule has 0 spiro atoms. The summed E-state index contributed by atoms with van der Waals surface area (Å²) in [5, 5.41) is 4.87. The lowest BCUT2D eigenvalue weighted by molar-refractivity contribution is 0.390. The first kappa shape index (κ1) is 16.3. The second kappa shape index (κ2) is 6.33. The van der Waals surface area contributed by atoms with E-state index in [1.807, 2.05) is 12.3 Å². The van der Waals surface area contributed by atoms with Gasteiger partial charge in [-0.25, -0.2) is 18.1 Å². The standard InChI is InChI=1S/C13H22N4O2S2/c1-5-10(6-2)9(3)16-21(18,19)12-11(14-4)15-13-17(12)7-8-20-13/h7-10,14,16H,5-6H2,1-4H3. The number of nitrogens with zero attached hydrogens (tertiary/aromatic N) is 2. The lowest BCUT2D eigenvalue weighted by atomic mass is 9.96. The molecule has 2 heterocycles. The highest BCUT2D eigenvalue weighted by atomic mass is 32.2. The van der Waals surface area contributed by atoms with Crippen molar-refractivity contribution in [1.29, 1.82) is 0 Å². The lowest BCUT2D eigenvalue weighted by Gasteiger charge is -2.22. The first-order valence-electron chi connectivity index (χ1n) is 7.10. The number of hydrogen-bond acceptors (Lipinski definition) is 5. The van der Waals surface area contributed by atoms with Crippen LogP contribution in [0.5, 0.6) is 0 Å². The van der Waals surface area contributed by atoms with Gasteiger partial charge in [0.05, 0.1) is 0 Å². The minimum Gasteiger partial charge on any atom is -0.371 e. The fourth-order valence-electron chi connectivity index (χ4n) is 2.58. The molecule has 0 aliphatic rings. The molecule has 6 nitrogen and oxygen atoms in total. The average Bonchev–Trinajstić information content (AvgIpc) is 2.98. The topological polar surface area (TPSA) is 75.5 Å². The molecule has 21 heavy (non-hydrogen) atoms. The Hall–Kier alpha value is -1.12. The van der Waals surface area contributed by atoms with Gasteiger partial charge in [-0.3, -0.25) is 4.40 Å². The summed E-state index contributed by atoms with van der Waals surface area (Å²) in [5.41, 5.74) is 0. The van der Waals surface area contributed by atoms with Crippen molar-refractivity contribution in [3.63, 3.8) is 0 Å². The summed E-state index contributed by atoms with van der Waals surface area (Å²) in [6.45, 7) is 6.07. The number of anilines is 1. The fraction of sp³-hybridized carbons (Fsp3) is 0.615. The van der Waals surface area contributed by atoms with E-state index in [1.54, 1.807) is 17.6 Å². The molecule has 0 amide bonds. The Bertz CT molecular complexity index is 701. The molecule has 0 radical (unpaired) electrons. The predicted octanol–water partition coefficient (Wildman–Crippen LogP) is 2.54. The number of imidazole rings is 1. The number of aromatic nitrogens is 2. The Morgan fingerprint density at radius 1 is 1.38 bits per heavy atom. The molecule has 1 atom stereocenters. The molecular formula is C13H22N4O2S2. The number of rotatable bonds is 7. The maximum Gasteiger partial charge on any atom is 0.260 e. The van der Waals surface area contributed by atoms with Crippen LogP contribution in [-0.2, 0) is 10.0 Å². The van der Waals surface area contributed by atoms with E-state index in [2.05, 4.69) is 28.9 Å². The minimum atomic E-state index is -3.63. The van der Waals surface area contributed by atoms with Gasteiger partial charge in [-0.2, -0.15) is 0 Å². The Labute approximate surface area is 129 Å². The molecule has 0 saturated carbocycles. The van der Waals surface area contributed by atoms with Gasteiger partial charge >= 0.3 is 0 Å². The quantitative estimate of drug-likeness (QED) is 0.818. The molecular weight excluding hydrogens is 308 g/mol. The summed E-state index contributed by atoms with van der Waals surface area (Å²) in [7, 11) is -1.95. The van der Waals surface area contributed by atoms with E-state index in [9.17, 15) is 8.42 Å². The van der Waals surface area contributed by atoms with Crippen molar-refractivity contribution in [3.8, 4) is 0 Å². The van der Waals surface area contributed by atoms with Crippen molar-refractivity contribution in [2.24, 2.45) is 5.92 Å². The van der Waals surface area contributed by atoms with Crippen LogP contribution in [0, 0.1) is 5.92 Å². The molecule has 2 aromatic rings. The molecule has 118 valence electrons. The molecule has 8 heteroatoms. The molecule has 2 N–H and O–H groups in total. The van der Waals surface area contributed by atoms with Crippen molar-refractivity contribution in [1.82, 2.24) is 14.1 Å². The Morgan fingerprint density at radius 2 is 2.05 bits per heavy atom. The van der Waals surface area contributed by atoms with Gasteiger partial charge in [0.15, 0.2) is 15.8 Å². The Kier molecular flexibility index (Phi) is 4.90. The zero-order chi connectivity index (χ0) is 15.6. The van der Waals surface area contributed by atoms with Crippen LogP contribution in [0.15, 0.2) is 16.6 Å². The number of fused-ring (bicyclic) bond motifs is 1. The third-order valence-electron chi connectivity index (χ3n) is 3.81. The highest BCUT2D eigenvalue weighted by Crippen LogP contribution is 2.26. The average molecular weight is 330 g/mol. The van der Waals surface area contributed by atoms with Crippen LogP contribution in [0.1, 0.15) is 33.6 Å². The predicted molar refractivity (Wildman–Crippen MR) is 86.5 cm³/mol. The second-order valence-electron chi connectivity index (χ2n) is 5.06. The third-order valence-corrected chi connectivity index (χ3v) is 6.14. The van der Waals surface area contributed by atoms with Crippen LogP contribution < -0.4 is 10.0 Å². The smallest absolute Gasteiger partial charge is 0.260 e. The van der Waals surface area contributed by atoms with Crippen molar-refractivity contribution >= 4 is 32.1 Å². The molecule has 0 aliphatic heterocycles. The maximum absolute atomic E-state index is 12.7. The molecule has 1 unspecified atom stereocenters. The Morgan fingerprint density at radius 3 is 2.62 bits per heavy atom. The second-order valence-corrected chi connectivity index (χ2v) is 7.56. The maximum atomic E-state index is 12.7. The van der Waals surface area contributed by atoms with Crippen LogP contribution in [0.25, 0.3) is 4.96 Å². The van der Waals surface area contributed by atoms with Crippen LogP contribution in [0.3, 0.4) is 0 Å². The molecule has 0 bridgehead atoms. The van der Waals surface area contributed by atoms with Crippen molar-refractivity contribution in [2.45, 2.75) is 44.7 Å². The summed E-state index contributed by atoms with van der Waals surface area (Å²) >= 11 is 1.41. The van der Waals surface area contributed by atoms with E-state index in [-0.39, 0.29) is 11.1 Å². The van der Waals surface area contributed by atoms with E-state index >= 15 is 0 Å². The molecule has 0 aromatic carbocycles. The van der Waals surface area contributed by atoms with E-state index in [1.165, 1.54) is 11.3 Å². The van der Waals surface area contributed by atoms with Gasteiger partial charge in [0, 0.05) is 24.7 Å². The first-order chi connectivity index (χ1) is 9.94. The summed E-state index contributed by atoms with van der Waals surface area (Å²) in [4.78, 5) is 4.96.